The standard InChI is InChI=1S/C16H21NO2/c1-17-8-11-5-4-9-2-3-10-6-7-12(18)16-14(10)13(9)15(11)19-16/h6-7,9,11,13,15,17-18H,2-5,8H2,1H3. The molecule has 4 atom stereocenters. The van der Waals surface area contributed by atoms with Crippen LogP contribution in [-0.2, 0) is 6.42 Å². The summed E-state index contributed by atoms with van der Waals surface area (Å²) < 4.78 is 6.21. The Morgan fingerprint density at radius 3 is 3.05 bits per heavy atom. The minimum atomic E-state index is 0.272. The van der Waals surface area contributed by atoms with E-state index in [4.69, 9.17) is 4.74 Å². The van der Waals surface area contributed by atoms with Crippen LogP contribution >= 0.6 is 0 Å². The number of phenolic OH excluding ortho intramolecular Hbond substituents is 1. The van der Waals surface area contributed by atoms with E-state index in [0.29, 0.717) is 17.6 Å². The van der Waals surface area contributed by atoms with E-state index >= 15 is 0 Å². The first-order chi connectivity index (χ1) is 9.29. The van der Waals surface area contributed by atoms with E-state index in [-0.39, 0.29) is 6.10 Å². The molecule has 1 aromatic carbocycles. The molecule has 102 valence electrons. The van der Waals surface area contributed by atoms with Crippen molar-refractivity contribution in [2.75, 3.05) is 13.6 Å². The fourth-order valence-electron chi connectivity index (χ4n) is 4.52. The minimum Gasteiger partial charge on any atom is -0.504 e. The van der Waals surface area contributed by atoms with Gasteiger partial charge < -0.3 is 15.2 Å². The Bertz CT molecular complexity index is 514. The summed E-state index contributed by atoms with van der Waals surface area (Å²) in [5, 5.41) is 13.4. The summed E-state index contributed by atoms with van der Waals surface area (Å²) in [7, 11) is 2.01. The molecule has 1 aromatic rings. The topological polar surface area (TPSA) is 41.5 Å². The van der Waals surface area contributed by atoms with E-state index < -0.39 is 0 Å². The van der Waals surface area contributed by atoms with Crippen LogP contribution in [0.25, 0.3) is 0 Å². The Kier molecular flexibility index (Phi) is 2.52. The third kappa shape index (κ3) is 1.54. The van der Waals surface area contributed by atoms with Gasteiger partial charge in [-0.25, -0.2) is 0 Å². The molecule has 0 amide bonds. The first kappa shape index (κ1) is 11.6. The number of phenols is 1. The Labute approximate surface area is 114 Å². The monoisotopic (exact) mass is 259 g/mol. The highest BCUT2D eigenvalue weighted by atomic mass is 16.5. The van der Waals surface area contributed by atoms with Crippen molar-refractivity contribution in [2.45, 2.75) is 37.7 Å². The van der Waals surface area contributed by atoms with Crippen LogP contribution < -0.4 is 10.1 Å². The largest absolute Gasteiger partial charge is 0.504 e. The maximum Gasteiger partial charge on any atom is 0.165 e. The van der Waals surface area contributed by atoms with Gasteiger partial charge in [0.2, 0.25) is 0 Å². The first-order valence-electron chi connectivity index (χ1n) is 7.45. The lowest BCUT2D eigenvalue weighted by Crippen LogP contribution is -2.42. The van der Waals surface area contributed by atoms with Crippen LogP contribution in [0.3, 0.4) is 0 Å². The highest BCUT2D eigenvalue weighted by molar-refractivity contribution is 5.56. The molecule has 2 aliphatic carbocycles. The molecule has 0 saturated heterocycles. The second-order valence-electron chi connectivity index (χ2n) is 6.29. The Morgan fingerprint density at radius 1 is 1.32 bits per heavy atom. The van der Waals surface area contributed by atoms with E-state index in [1.165, 1.54) is 30.4 Å². The van der Waals surface area contributed by atoms with E-state index in [2.05, 4.69) is 11.4 Å². The van der Waals surface area contributed by atoms with Gasteiger partial charge in [-0.15, -0.1) is 0 Å². The molecule has 3 nitrogen and oxygen atoms in total. The van der Waals surface area contributed by atoms with Crippen molar-refractivity contribution in [3.8, 4) is 11.5 Å². The van der Waals surface area contributed by atoms with Crippen molar-refractivity contribution < 1.29 is 9.84 Å². The Hall–Kier alpha value is -1.22. The molecule has 0 spiro atoms. The zero-order chi connectivity index (χ0) is 13.0. The molecule has 0 aromatic heterocycles. The summed E-state index contributed by atoms with van der Waals surface area (Å²) in [6, 6.07) is 3.90. The zero-order valence-corrected chi connectivity index (χ0v) is 11.4. The second kappa shape index (κ2) is 4.14. The number of aromatic hydroxyl groups is 1. The van der Waals surface area contributed by atoms with Crippen LogP contribution in [0.2, 0.25) is 0 Å². The molecule has 0 bridgehead atoms. The van der Waals surface area contributed by atoms with Crippen molar-refractivity contribution in [1.29, 1.82) is 0 Å². The van der Waals surface area contributed by atoms with Crippen molar-refractivity contribution in [1.82, 2.24) is 5.32 Å². The van der Waals surface area contributed by atoms with Gasteiger partial charge in [0.25, 0.3) is 0 Å². The Balaban J connectivity index is 1.80. The number of aryl methyl sites for hydroxylation is 1. The van der Waals surface area contributed by atoms with Crippen molar-refractivity contribution in [3.63, 3.8) is 0 Å². The predicted molar refractivity (Wildman–Crippen MR) is 73.7 cm³/mol. The maximum absolute atomic E-state index is 10.1. The van der Waals surface area contributed by atoms with Gasteiger partial charge >= 0.3 is 0 Å². The van der Waals surface area contributed by atoms with E-state index in [1.807, 2.05) is 7.05 Å². The molecule has 1 heterocycles. The molecule has 1 aliphatic heterocycles. The fraction of sp³-hybridized carbons (Fsp3) is 0.625. The molecule has 2 N–H and O–H groups in total. The number of rotatable bonds is 2. The highest BCUT2D eigenvalue weighted by Gasteiger charge is 2.49. The van der Waals surface area contributed by atoms with Crippen LogP contribution in [0.1, 0.15) is 36.3 Å². The van der Waals surface area contributed by atoms with Crippen molar-refractivity contribution in [2.24, 2.45) is 11.8 Å². The predicted octanol–water partition coefficient (Wildman–Crippen LogP) is 2.43. The van der Waals surface area contributed by atoms with Crippen LogP contribution in [0, 0.1) is 11.8 Å². The molecule has 1 fully saturated rings. The average molecular weight is 259 g/mol. The third-order valence-electron chi connectivity index (χ3n) is 5.34. The summed E-state index contributed by atoms with van der Waals surface area (Å²) in [6.45, 7) is 1.01. The lowest BCUT2D eigenvalue weighted by molar-refractivity contribution is 0.0617. The second-order valence-corrected chi connectivity index (χ2v) is 6.29. The van der Waals surface area contributed by atoms with Crippen molar-refractivity contribution in [3.05, 3.63) is 23.3 Å². The number of benzene rings is 1. The first-order valence-corrected chi connectivity index (χ1v) is 7.45. The van der Waals surface area contributed by atoms with Gasteiger partial charge in [-0.1, -0.05) is 6.07 Å². The van der Waals surface area contributed by atoms with Crippen LogP contribution in [0.15, 0.2) is 12.1 Å². The van der Waals surface area contributed by atoms with Gasteiger partial charge in [0.1, 0.15) is 6.10 Å². The lowest BCUT2D eigenvalue weighted by atomic mass is 9.64. The van der Waals surface area contributed by atoms with Gasteiger partial charge in [0.15, 0.2) is 11.5 Å². The molecular weight excluding hydrogens is 238 g/mol. The normalized spacial score (nSPS) is 34.8. The highest BCUT2D eigenvalue weighted by Crippen LogP contribution is 2.57. The number of ether oxygens (including phenoxy) is 1. The lowest BCUT2D eigenvalue weighted by Gasteiger charge is -2.40. The quantitative estimate of drug-likeness (QED) is 0.857. The molecular formula is C16H21NO2. The number of hydrogen-bond acceptors (Lipinski definition) is 3. The number of nitrogens with one attached hydrogen (secondary N) is 1. The zero-order valence-electron chi connectivity index (χ0n) is 11.4. The SMILES string of the molecule is CNCC1CCC2CCc3ccc(O)c4c3C2C1O4. The summed E-state index contributed by atoms with van der Waals surface area (Å²) in [5.74, 6) is 2.98. The van der Waals surface area contributed by atoms with Crippen LogP contribution in [0.5, 0.6) is 11.5 Å². The summed E-state index contributed by atoms with van der Waals surface area (Å²) in [4.78, 5) is 0. The van der Waals surface area contributed by atoms with E-state index in [1.54, 1.807) is 6.07 Å². The number of hydrogen-bond donors (Lipinski definition) is 2. The van der Waals surface area contributed by atoms with E-state index in [9.17, 15) is 5.11 Å². The van der Waals surface area contributed by atoms with Gasteiger partial charge in [-0.3, -0.25) is 0 Å². The van der Waals surface area contributed by atoms with Gasteiger partial charge in [0, 0.05) is 23.9 Å². The van der Waals surface area contributed by atoms with Crippen LogP contribution in [0.4, 0.5) is 0 Å². The third-order valence-corrected chi connectivity index (χ3v) is 5.34. The van der Waals surface area contributed by atoms with E-state index in [0.717, 1.165) is 24.6 Å². The molecule has 4 rings (SSSR count). The van der Waals surface area contributed by atoms with Gasteiger partial charge in [0.05, 0.1) is 0 Å². The Morgan fingerprint density at radius 2 is 2.21 bits per heavy atom. The molecule has 1 saturated carbocycles. The summed E-state index contributed by atoms with van der Waals surface area (Å²) in [6.07, 6.45) is 5.26. The molecule has 3 heteroatoms. The molecule has 3 aliphatic rings. The van der Waals surface area contributed by atoms with Crippen LogP contribution in [-0.4, -0.2) is 24.8 Å². The van der Waals surface area contributed by atoms with Gasteiger partial charge in [-0.05, 0) is 50.3 Å². The minimum absolute atomic E-state index is 0.272. The smallest absolute Gasteiger partial charge is 0.165 e. The molecule has 0 radical (unpaired) electrons. The molecule has 19 heavy (non-hydrogen) atoms. The maximum atomic E-state index is 10.1. The van der Waals surface area contributed by atoms with Crippen molar-refractivity contribution >= 4 is 0 Å². The molecule has 4 unspecified atom stereocenters. The average Bonchev–Trinajstić information content (AvgIpc) is 2.83. The summed E-state index contributed by atoms with van der Waals surface area (Å²) >= 11 is 0. The fourth-order valence-corrected chi connectivity index (χ4v) is 4.52. The summed E-state index contributed by atoms with van der Waals surface area (Å²) in [5.41, 5.74) is 2.74. The van der Waals surface area contributed by atoms with Gasteiger partial charge in [-0.2, -0.15) is 0 Å².